The van der Waals surface area contributed by atoms with Gasteiger partial charge in [0.1, 0.15) is 0 Å². The molecule has 18 heavy (non-hydrogen) atoms. The zero-order valence-corrected chi connectivity index (χ0v) is 12.1. The molecule has 1 heterocycles. The van der Waals surface area contributed by atoms with E-state index >= 15 is 0 Å². The van der Waals surface area contributed by atoms with Crippen molar-refractivity contribution in [1.82, 2.24) is 5.32 Å². The van der Waals surface area contributed by atoms with Gasteiger partial charge in [0.05, 0.1) is 10.7 Å². The molecule has 1 fully saturated rings. The van der Waals surface area contributed by atoms with Gasteiger partial charge in [0, 0.05) is 18.6 Å². The number of benzene rings is 1. The third-order valence-corrected chi connectivity index (χ3v) is 4.46. The van der Waals surface area contributed by atoms with Crippen LogP contribution in [-0.4, -0.2) is 25.2 Å². The Morgan fingerprint density at radius 2 is 2.00 bits per heavy atom. The number of rotatable bonds is 3. The molecule has 0 aromatic heterocycles. The van der Waals surface area contributed by atoms with Crippen LogP contribution in [0.2, 0.25) is 5.02 Å². The molecule has 1 aliphatic heterocycles. The maximum absolute atomic E-state index is 6.33. The fourth-order valence-electron chi connectivity index (χ4n) is 2.76. The highest BCUT2D eigenvalue weighted by Gasteiger charge is 2.30. The van der Waals surface area contributed by atoms with Gasteiger partial charge in [-0.2, -0.15) is 0 Å². The van der Waals surface area contributed by atoms with Crippen molar-refractivity contribution in [2.45, 2.75) is 38.6 Å². The molecule has 0 amide bonds. The fraction of sp³-hybridized carbons (Fsp3) is 0.600. The van der Waals surface area contributed by atoms with Crippen LogP contribution < -0.4 is 10.2 Å². The van der Waals surface area contributed by atoms with Gasteiger partial charge in [-0.1, -0.05) is 37.6 Å². The molecule has 2 rings (SSSR count). The molecular weight excluding hydrogens is 244 g/mol. The minimum atomic E-state index is 0.232. The van der Waals surface area contributed by atoms with Crippen LogP contribution in [0.4, 0.5) is 5.69 Å². The van der Waals surface area contributed by atoms with Crippen molar-refractivity contribution in [3.63, 3.8) is 0 Å². The van der Waals surface area contributed by atoms with Gasteiger partial charge in [-0.15, -0.1) is 0 Å². The Bertz CT molecular complexity index is 388. The highest BCUT2D eigenvalue weighted by Crippen LogP contribution is 2.29. The standard InChI is InChI=1S/C15H23ClN2/c1-3-15(4-2)12-18(11-7-10-17-15)14-9-6-5-8-13(14)16/h5-6,8-9,17H,3-4,7,10-12H2,1-2H3. The maximum atomic E-state index is 6.33. The number of hydrogen-bond donors (Lipinski definition) is 1. The monoisotopic (exact) mass is 266 g/mol. The summed E-state index contributed by atoms with van der Waals surface area (Å²) in [5, 5.41) is 4.59. The van der Waals surface area contributed by atoms with Crippen LogP contribution in [0.3, 0.4) is 0 Å². The molecule has 1 N–H and O–H groups in total. The van der Waals surface area contributed by atoms with Gasteiger partial charge in [0.15, 0.2) is 0 Å². The quantitative estimate of drug-likeness (QED) is 0.898. The lowest BCUT2D eigenvalue weighted by atomic mass is 9.92. The number of nitrogens with one attached hydrogen (secondary N) is 1. The molecule has 3 heteroatoms. The van der Waals surface area contributed by atoms with Crippen molar-refractivity contribution in [2.75, 3.05) is 24.5 Å². The van der Waals surface area contributed by atoms with Gasteiger partial charge in [0.25, 0.3) is 0 Å². The second kappa shape index (κ2) is 5.94. The molecule has 100 valence electrons. The lowest BCUT2D eigenvalue weighted by Crippen LogP contribution is -2.50. The topological polar surface area (TPSA) is 15.3 Å². The Morgan fingerprint density at radius 1 is 1.28 bits per heavy atom. The molecule has 0 spiro atoms. The average molecular weight is 267 g/mol. The lowest BCUT2D eigenvalue weighted by Gasteiger charge is -2.36. The first-order valence-corrected chi connectivity index (χ1v) is 7.33. The van der Waals surface area contributed by atoms with E-state index in [4.69, 9.17) is 11.6 Å². The minimum Gasteiger partial charge on any atom is -0.368 e. The first kappa shape index (κ1) is 13.7. The molecule has 0 aliphatic carbocycles. The van der Waals surface area contributed by atoms with E-state index in [9.17, 15) is 0 Å². The van der Waals surface area contributed by atoms with Crippen LogP contribution in [0.25, 0.3) is 0 Å². The Balaban J connectivity index is 2.25. The summed E-state index contributed by atoms with van der Waals surface area (Å²) in [6.45, 7) is 7.77. The van der Waals surface area contributed by atoms with Gasteiger partial charge in [-0.05, 0) is 37.9 Å². The Labute approximate surface area is 115 Å². The molecule has 0 unspecified atom stereocenters. The first-order valence-electron chi connectivity index (χ1n) is 6.95. The lowest BCUT2D eigenvalue weighted by molar-refractivity contribution is 0.321. The van der Waals surface area contributed by atoms with E-state index in [0.717, 1.165) is 37.5 Å². The average Bonchev–Trinajstić information content (AvgIpc) is 2.62. The zero-order valence-electron chi connectivity index (χ0n) is 11.4. The van der Waals surface area contributed by atoms with Crippen LogP contribution >= 0.6 is 11.6 Å². The predicted molar refractivity (Wildman–Crippen MR) is 79.6 cm³/mol. The molecule has 0 saturated carbocycles. The minimum absolute atomic E-state index is 0.232. The molecule has 0 radical (unpaired) electrons. The van der Waals surface area contributed by atoms with Gasteiger partial charge < -0.3 is 10.2 Å². The molecule has 1 aliphatic rings. The third kappa shape index (κ3) is 2.81. The summed E-state index contributed by atoms with van der Waals surface area (Å²) in [6.07, 6.45) is 3.49. The predicted octanol–water partition coefficient (Wildman–Crippen LogP) is 3.70. The number of anilines is 1. The highest BCUT2D eigenvalue weighted by atomic mass is 35.5. The van der Waals surface area contributed by atoms with Crippen molar-refractivity contribution in [3.8, 4) is 0 Å². The number of para-hydroxylation sites is 1. The smallest absolute Gasteiger partial charge is 0.0639 e. The van der Waals surface area contributed by atoms with Crippen LogP contribution in [0, 0.1) is 0 Å². The van der Waals surface area contributed by atoms with E-state index in [1.807, 2.05) is 12.1 Å². The van der Waals surface area contributed by atoms with E-state index in [-0.39, 0.29) is 5.54 Å². The first-order chi connectivity index (χ1) is 8.71. The van der Waals surface area contributed by atoms with Crippen LogP contribution in [0.5, 0.6) is 0 Å². The summed E-state index contributed by atoms with van der Waals surface area (Å²) in [6, 6.07) is 8.17. The van der Waals surface area contributed by atoms with E-state index in [0.29, 0.717) is 0 Å². The summed E-state index contributed by atoms with van der Waals surface area (Å²) in [4.78, 5) is 2.44. The number of halogens is 1. The number of nitrogens with zero attached hydrogens (tertiary/aromatic N) is 1. The maximum Gasteiger partial charge on any atom is 0.0639 e. The van der Waals surface area contributed by atoms with E-state index in [2.05, 4.69) is 36.2 Å². The Hall–Kier alpha value is -0.730. The van der Waals surface area contributed by atoms with Crippen LogP contribution in [-0.2, 0) is 0 Å². The van der Waals surface area contributed by atoms with Crippen molar-refractivity contribution >= 4 is 17.3 Å². The van der Waals surface area contributed by atoms with Crippen molar-refractivity contribution in [1.29, 1.82) is 0 Å². The van der Waals surface area contributed by atoms with Gasteiger partial charge in [0.2, 0.25) is 0 Å². The normalized spacial score (nSPS) is 19.6. The third-order valence-electron chi connectivity index (χ3n) is 4.15. The number of hydrogen-bond acceptors (Lipinski definition) is 2. The van der Waals surface area contributed by atoms with Gasteiger partial charge >= 0.3 is 0 Å². The molecular formula is C15H23ClN2. The Kier molecular flexibility index (Phi) is 4.52. The SMILES string of the molecule is CCC1(CC)CN(c2ccccc2Cl)CCCN1. The highest BCUT2D eigenvalue weighted by molar-refractivity contribution is 6.33. The molecule has 0 bridgehead atoms. The van der Waals surface area contributed by atoms with Crippen LogP contribution in [0.15, 0.2) is 24.3 Å². The van der Waals surface area contributed by atoms with Crippen molar-refractivity contribution in [3.05, 3.63) is 29.3 Å². The molecule has 2 nitrogen and oxygen atoms in total. The Morgan fingerprint density at radius 3 is 2.67 bits per heavy atom. The van der Waals surface area contributed by atoms with Gasteiger partial charge in [-0.25, -0.2) is 0 Å². The summed E-state index contributed by atoms with van der Waals surface area (Å²) in [5.74, 6) is 0. The summed E-state index contributed by atoms with van der Waals surface area (Å²) in [5.41, 5.74) is 1.41. The van der Waals surface area contributed by atoms with E-state index in [1.165, 1.54) is 12.1 Å². The molecule has 1 aromatic carbocycles. The van der Waals surface area contributed by atoms with Crippen molar-refractivity contribution < 1.29 is 0 Å². The largest absolute Gasteiger partial charge is 0.368 e. The zero-order chi connectivity index (χ0) is 13.0. The second-order valence-corrected chi connectivity index (χ2v) is 5.55. The second-order valence-electron chi connectivity index (χ2n) is 5.14. The molecule has 1 aromatic rings. The summed E-state index contributed by atoms with van der Waals surface area (Å²) < 4.78 is 0. The summed E-state index contributed by atoms with van der Waals surface area (Å²) in [7, 11) is 0. The summed E-state index contributed by atoms with van der Waals surface area (Å²) >= 11 is 6.33. The van der Waals surface area contributed by atoms with Gasteiger partial charge in [-0.3, -0.25) is 0 Å². The molecule has 1 saturated heterocycles. The van der Waals surface area contributed by atoms with Crippen LogP contribution in [0.1, 0.15) is 33.1 Å². The fourth-order valence-corrected chi connectivity index (χ4v) is 3.02. The van der Waals surface area contributed by atoms with E-state index in [1.54, 1.807) is 0 Å². The molecule has 0 atom stereocenters. The van der Waals surface area contributed by atoms with Crippen molar-refractivity contribution in [2.24, 2.45) is 0 Å². The van der Waals surface area contributed by atoms with E-state index < -0.39 is 0 Å².